The Labute approximate surface area is 114 Å². The highest BCUT2D eigenvalue weighted by Gasteiger charge is 2.15. The van der Waals surface area contributed by atoms with Crippen LogP contribution >= 0.6 is 0 Å². The number of hydrogen-bond acceptors (Lipinski definition) is 2. The maximum Gasteiger partial charge on any atom is 0.169 e. The van der Waals surface area contributed by atoms with E-state index in [4.69, 9.17) is 0 Å². The molecule has 0 saturated heterocycles. The molecule has 0 bridgehead atoms. The van der Waals surface area contributed by atoms with E-state index in [9.17, 15) is 4.79 Å². The van der Waals surface area contributed by atoms with Crippen molar-refractivity contribution in [2.75, 3.05) is 0 Å². The largest absolute Gasteiger partial charge is 0.294 e. The van der Waals surface area contributed by atoms with Gasteiger partial charge in [0.25, 0.3) is 0 Å². The summed E-state index contributed by atoms with van der Waals surface area (Å²) in [4.78, 5) is 12.5. The standard InChI is InChI=1S/C16H20N2O/c1-5-18-14(9-13(4)17-18)10-15(19)16-11(2)7-6-8-12(16)3/h6-9H,5,10H2,1-4H3. The first kappa shape index (κ1) is 13.5. The molecular formula is C16H20N2O. The van der Waals surface area contributed by atoms with E-state index < -0.39 is 0 Å². The zero-order valence-corrected chi connectivity index (χ0v) is 12.0. The first-order valence-electron chi connectivity index (χ1n) is 6.65. The van der Waals surface area contributed by atoms with Gasteiger partial charge >= 0.3 is 0 Å². The topological polar surface area (TPSA) is 34.9 Å². The number of carbonyl (C=O) groups excluding carboxylic acids is 1. The lowest BCUT2D eigenvalue weighted by molar-refractivity contribution is 0.0989. The highest BCUT2D eigenvalue weighted by molar-refractivity contribution is 5.99. The van der Waals surface area contributed by atoms with Crippen LogP contribution in [0.2, 0.25) is 0 Å². The van der Waals surface area contributed by atoms with E-state index in [0.29, 0.717) is 6.42 Å². The molecule has 0 aliphatic rings. The van der Waals surface area contributed by atoms with Crippen LogP contribution < -0.4 is 0 Å². The molecule has 3 heteroatoms. The third-order valence-electron chi connectivity index (χ3n) is 3.39. The summed E-state index contributed by atoms with van der Waals surface area (Å²) in [6, 6.07) is 7.96. The molecule has 0 radical (unpaired) electrons. The third kappa shape index (κ3) is 2.75. The zero-order chi connectivity index (χ0) is 14.0. The van der Waals surface area contributed by atoms with E-state index >= 15 is 0 Å². The molecule has 0 aliphatic heterocycles. The Balaban J connectivity index is 2.31. The van der Waals surface area contributed by atoms with Crippen LogP contribution in [0.4, 0.5) is 0 Å². The Bertz CT molecular complexity index is 591. The normalized spacial score (nSPS) is 10.7. The van der Waals surface area contributed by atoms with Gasteiger partial charge in [0.15, 0.2) is 5.78 Å². The minimum absolute atomic E-state index is 0.171. The minimum Gasteiger partial charge on any atom is -0.294 e. The molecule has 19 heavy (non-hydrogen) atoms. The summed E-state index contributed by atoms with van der Waals surface area (Å²) in [6.07, 6.45) is 0.417. The van der Waals surface area contributed by atoms with Gasteiger partial charge in [0.05, 0.1) is 12.1 Å². The Morgan fingerprint density at radius 1 is 1.21 bits per heavy atom. The van der Waals surface area contributed by atoms with Crippen molar-refractivity contribution in [3.8, 4) is 0 Å². The number of benzene rings is 1. The zero-order valence-electron chi connectivity index (χ0n) is 12.0. The lowest BCUT2D eigenvalue weighted by atomic mass is 9.96. The van der Waals surface area contributed by atoms with E-state index in [1.54, 1.807) is 0 Å². The second-order valence-electron chi connectivity index (χ2n) is 4.96. The van der Waals surface area contributed by atoms with Crippen molar-refractivity contribution in [2.24, 2.45) is 0 Å². The second-order valence-corrected chi connectivity index (χ2v) is 4.96. The maximum absolute atomic E-state index is 12.5. The van der Waals surface area contributed by atoms with Gasteiger partial charge in [0, 0.05) is 17.8 Å². The Morgan fingerprint density at radius 3 is 2.42 bits per heavy atom. The van der Waals surface area contributed by atoms with Crippen LogP contribution in [0.1, 0.15) is 39.8 Å². The molecule has 100 valence electrons. The van der Waals surface area contributed by atoms with E-state index in [1.807, 2.05) is 56.6 Å². The van der Waals surface area contributed by atoms with Crippen molar-refractivity contribution >= 4 is 5.78 Å². The first-order chi connectivity index (χ1) is 9.02. The summed E-state index contributed by atoms with van der Waals surface area (Å²) >= 11 is 0. The fraction of sp³-hybridized carbons (Fsp3) is 0.375. The summed E-state index contributed by atoms with van der Waals surface area (Å²) in [7, 11) is 0. The number of rotatable bonds is 4. The molecule has 0 fully saturated rings. The van der Waals surface area contributed by atoms with Crippen LogP contribution in [0.5, 0.6) is 0 Å². The molecule has 0 N–H and O–H groups in total. The number of aromatic nitrogens is 2. The van der Waals surface area contributed by atoms with Gasteiger partial charge in [-0.1, -0.05) is 18.2 Å². The van der Waals surface area contributed by atoms with Gasteiger partial charge in [0.1, 0.15) is 0 Å². The van der Waals surface area contributed by atoms with Crippen LogP contribution in [0.3, 0.4) is 0 Å². The molecule has 0 saturated carbocycles. The van der Waals surface area contributed by atoms with E-state index in [2.05, 4.69) is 5.10 Å². The van der Waals surface area contributed by atoms with Crippen molar-refractivity contribution in [2.45, 2.75) is 40.7 Å². The van der Waals surface area contributed by atoms with Crippen molar-refractivity contribution in [3.63, 3.8) is 0 Å². The molecule has 2 aromatic rings. The van der Waals surface area contributed by atoms with Crippen LogP contribution in [0, 0.1) is 20.8 Å². The SMILES string of the molecule is CCn1nc(C)cc1CC(=O)c1c(C)cccc1C. The molecule has 2 rings (SSSR count). The van der Waals surface area contributed by atoms with Crippen LogP contribution in [0.15, 0.2) is 24.3 Å². The van der Waals surface area contributed by atoms with Crippen LogP contribution in [-0.2, 0) is 13.0 Å². The Hall–Kier alpha value is -1.90. The molecule has 1 aromatic carbocycles. The second kappa shape index (κ2) is 5.39. The van der Waals surface area contributed by atoms with E-state index in [1.165, 1.54) is 0 Å². The molecule has 1 heterocycles. The molecule has 0 aliphatic carbocycles. The molecule has 0 amide bonds. The smallest absolute Gasteiger partial charge is 0.169 e. The fourth-order valence-corrected chi connectivity index (χ4v) is 2.52. The number of Topliss-reactive ketones (excluding diaryl/α,β-unsaturated/α-hetero) is 1. The monoisotopic (exact) mass is 256 g/mol. The highest BCUT2D eigenvalue weighted by atomic mass is 16.1. The van der Waals surface area contributed by atoms with Gasteiger partial charge in [-0.05, 0) is 44.9 Å². The van der Waals surface area contributed by atoms with E-state index in [-0.39, 0.29) is 5.78 Å². The van der Waals surface area contributed by atoms with Gasteiger partial charge < -0.3 is 0 Å². The van der Waals surface area contributed by atoms with Gasteiger partial charge in [-0.15, -0.1) is 0 Å². The van der Waals surface area contributed by atoms with Gasteiger partial charge in [0.2, 0.25) is 0 Å². The van der Waals surface area contributed by atoms with Crippen molar-refractivity contribution in [1.82, 2.24) is 9.78 Å². The average Bonchev–Trinajstić information content (AvgIpc) is 2.69. The summed E-state index contributed by atoms with van der Waals surface area (Å²) < 4.78 is 1.90. The predicted octanol–water partition coefficient (Wildman–Crippen LogP) is 3.25. The van der Waals surface area contributed by atoms with E-state index in [0.717, 1.165) is 34.6 Å². The quantitative estimate of drug-likeness (QED) is 0.787. The molecule has 0 unspecified atom stereocenters. The van der Waals surface area contributed by atoms with Crippen LogP contribution in [0.25, 0.3) is 0 Å². The fourth-order valence-electron chi connectivity index (χ4n) is 2.52. The number of aryl methyl sites for hydroxylation is 4. The maximum atomic E-state index is 12.5. The Kier molecular flexibility index (Phi) is 3.84. The van der Waals surface area contributed by atoms with Crippen LogP contribution in [-0.4, -0.2) is 15.6 Å². The number of ketones is 1. The summed E-state index contributed by atoms with van der Waals surface area (Å²) in [6.45, 7) is 8.77. The average molecular weight is 256 g/mol. The number of hydrogen-bond donors (Lipinski definition) is 0. The Morgan fingerprint density at radius 2 is 1.84 bits per heavy atom. The first-order valence-corrected chi connectivity index (χ1v) is 6.65. The lowest BCUT2D eigenvalue weighted by Gasteiger charge is -2.09. The molecule has 0 atom stereocenters. The minimum atomic E-state index is 0.171. The van der Waals surface area contributed by atoms with Crippen molar-refractivity contribution in [3.05, 3.63) is 52.3 Å². The molecular weight excluding hydrogens is 236 g/mol. The van der Waals surface area contributed by atoms with Crippen molar-refractivity contribution < 1.29 is 4.79 Å². The number of nitrogens with zero attached hydrogens (tertiary/aromatic N) is 2. The summed E-state index contributed by atoms with van der Waals surface area (Å²) in [5, 5.41) is 4.39. The summed E-state index contributed by atoms with van der Waals surface area (Å²) in [5.41, 5.74) is 4.90. The van der Waals surface area contributed by atoms with Gasteiger partial charge in [-0.3, -0.25) is 9.48 Å². The lowest BCUT2D eigenvalue weighted by Crippen LogP contribution is -2.12. The molecule has 3 nitrogen and oxygen atoms in total. The summed E-state index contributed by atoms with van der Waals surface area (Å²) in [5.74, 6) is 0.171. The third-order valence-corrected chi connectivity index (χ3v) is 3.39. The predicted molar refractivity (Wildman–Crippen MR) is 76.6 cm³/mol. The van der Waals surface area contributed by atoms with Crippen molar-refractivity contribution in [1.29, 1.82) is 0 Å². The molecule has 0 spiro atoms. The highest BCUT2D eigenvalue weighted by Crippen LogP contribution is 2.17. The van der Waals surface area contributed by atoms with Gasteiger partial charge in [-0.2, -0.15) is 5.10 Å². The van der Waals surface area contributed by atoms with Gasteiger partial charge in [-0.25, -0.2) is 0 Å². The molecule has 1 aromatic heterocycles. The number of carbonyl (C=O) groups is 1.